The Morgan fingerprint density at radius 2 is 1.86 bits per heavy atom. The number of rotatable bonds is 7. The normalized spacial score (nSPS) is 22.8. The fraction of sp³-hybridized carbons (Fsp3) is 0.556. The monoisotopic (exact) mass is 500 g/mol. The smallest absolute Gasteiger partial charge is 0.332 e. The SMILES string of the molecule is O=C(C[C@H]1CC=CCCCC(=O)OC[C@H](C(=O)OCc2ccccc2)NC1=O)NC1(CO)CCCC1. The molecule has 1 aliphatic carbocycles. The van der Waals surface area contributed by atoms with Crippen molar-refractivity contribution < 1.29 is 33.8 Å². The Bertz CT molecular complexity index is 925. The summed E-state index contributed by atoms with van der Waals surface area (Å²) in [5, 5.41) is 15.4. The Hall–Kier alpha value is -3.20. The maximum Gasteiger partial charge on any atom is 0.332 e. The fourth-order valence-electron chi connectivity index (χ4n) is 4.51. The number of carbonyl (C=O) groups excluding carboxylic acids is 4. The van der Waals surface area contributed by atoms with Crippen molar-refractivity contribution in [3.63, 3.8) is 0 Å². The zero-order valence-corrected chi connectivity index (χ0v) is 20.6. The maximum absolute atomic E-state index is 13.2. The van der Waals surface area contributed by atoms with Gasteiger partial charge in [-0.05, 0) is 37.7 Å². The van der Waals surface area contributed by atoms with E-state index in [2.05, 4.69) is 10.6 Å². The molecular weight excluding hydrogens is 464 g/mol. The van der Waals surface area contributed by atoms with Gasteiger partial charge in [-0.3, -0.25) is 14.4 Å². The summed E-state index contributed by atoms with van der Waals surface area (Å²) in [6, 6.07) is 7.91. The molecule has 196 valence electrons. The van der Waals surface area contributed by atoms with E-state index in [0.29, 0.717) is 32.1 Å². The van der Waals surface area contributed by atoms with Gasteiger partial charge >= 0.3 is 11.9 Å². The molecular formula is C27H36N2O7. The molecule has 1 saturated carbocycles. The summed E-state index contributed by atoms with van der Waals surface area (Å²) < 4.78 is 10.6. The predicted molar refractivity (Wildman–Crippen MR) is 131 cm³/mol. The molecule has 2 atom stereocenters. The molecule has 1 aromatic rings. The lowest BCUT2D eigenvalue weighted by Gasteiger charge is -2.29. The Morgan fingerprint density at radius 1 is 1.11 bits per heavy atom. The third-order valence-corrected chi connectivity index (χ3v) is 6.65. The van der Waals surface area contributed by atoms with Crippen LogP contribution >= 0.6 is 0 Å². The number of aliphatic hydroxyl groups is 1. The Balaban J connectivity index is 1.68. The van der Waals surface area contributed by atoms with Crippen molar-refractivity contribution in [3.05, 3.63) is 48.0 Å². The standard InChI is InChI=1S/C27H36N2O7/c30-19-27(14-8-9-15-27)29-23(31)16-21-12-6-1-2-7-13-24(32)35-18-22(28-25(21)33)26(34)36-17-20-10-4-3-5-11-20/h1,3-6,10-11,21-22,30H,2,7-9,12-19H2,(H,28,33)(H,29,31)/t21-,22-/m1/s1. The van der Waals surface area contributed by atoms with Gasteiger partial charge in [0.15, 0.2) is 6.04 Å². The number of allylic oxidation sites excluding steroid dienone is 2. The molecule has 0 saturated heterocycles. The number of amides is 2. The van der Waals surface area contributed by atoms with Crippen LogP contribution < -0.4 is 10.6 Å². The number of benzene rings is 1. The minimum Gasteiger partial charge on any atom is -0.463 e. The number of cyclic esters (lactones) is 1. The highest BCUT2D eigenvalue weighted by Gasteiger charge is 2.36. The van der Waals surface area contributed by atoms with Crippen LogP contribution in [0.4, 0.5) is 0 Å². The average molecular weight is 501 g/mol. The van der Waals surface area contributed by atoms with Crippen molar-refractivity contribution in [2.75, 3.05) is 13.2 Å². The zero-order valence-electron chi connectivity index (χ0n) is 20.6. The summed E-state index contributed by atoms with van der Waals surface area (Å²) in [5.41, 5.74) is 0.147. The second kappa shape index (κ2) is 13.8. The van der Waals surface area contributed by atoms with Crippen LogP contribution in [0, 0.1) is 5.92 Å². The first kappa shape index (κ1) is 27.4. The van der Waals surface area contributed by atoms with Crippen LogP contribution in [0.5, 0.6) is 0 Å². The molecule has 1 aliphatic heterocycles. The van der Waals surface area contributed by atoms with E-state index in [0.717, 1.165) is 18.4 Å². The summed E-state index contributed by atoms with van der Waals surface area (Å²) >= 11 is 0. The van der Waals surface area contributed by atoms with Crippen LogP contribution in [-0.2, 0) is 35.3 Å². The Kier molecular flexibility index (Phi) is 10.5. The zero-order chi connectivity index (χ0) is 25.8. The van der Waals surface area contributed by atoms with Crippen molar-refractivity contribution in [3.8, 4) is 0 Å². The molecule has 0 unspecified atom stereocenters. The van der Waals surface area contributed by atoms with Gasteiger partial charge in [0.05, 0.1) is 18.1 Å². The summed E-state index contributed by atoms with van der Waals surface area (Å²) in [6.07, 6.45) is 8.56. The third-order valence-electron chi connectivity index (χ3n) is 6.65. The number of hydrogen-bond donors (Lipinski definition) is 3. The van der Waals surface area contributed by atoms with E-state index in [9.17, 15) is 24.3 Å². The average Bonchev–Trinajstić information content (AvgIpc) is 3.35. The largest absolute Gasteiger partial charge is 0.463 e. The molecule has 3 rings (SSSR count). The molecule has 2 amide bonds. The third kappa shape index (κ3) is 8.48. The van der Waals surface area contributed by atoms with E-state index in [4.69, 9.17) is 9.47 Å². The first-order valence-electron chi connectivity index (χ1n) is 12.6. The van der Waals surface area contributed by atoms with Crippen LogP contribution in [0.25, 0.3) is 0 Å². The van der Waals surface area contributed by atoms with Gasteiger partial charge in [0, 0.05) is 12.8 Å². The summed E-state index contributed by atoms with van der Waals surface area (Å²) in [7, 11) is 0. The van der Waals surface area contributed by atoms with E-state index in [1.54, 1.807) is 12.1 Å². The molecule has 1 fully saturated rings. The van der Waals surface area contributed by atoms with Crippen LogP contribution in [0.3, 0.4) is 0 Å². The second-order valence-corrected chi connectivity index (χ2v) is 9.53. The predicted octanol–water partition coefficient (Wildman–Crippen LogP) is 2.32. The van der Waals surface area contributed by atoms with E-state index in [1.807, 2.05) is 30.4 Å². The lowest BCUT2D eigenvalue weighted by Crippen LogP contribution is -2.51. The van der Waals surface area contributed by atoms with Crippen LogP contribution in [0.2, 0.25) is 0 Å². The van der Waals surface area contributed by atoms with E-state index in [1.165, 1.54) is 0 Å². The number of nitrogens with one attached hydrogen (secondary N) is 2. The number of carbonyl (C=O) groups is 4. The van der Waals surface area contributed by atoms with Gasteiger partial charge in [-0.25, -0.2) is 4.79 Å². The summed E-state index contributed by atoms with van der Waals surface area (Å²) in [6.45, 7) is -0.480. The molecule has 9 nitrogen and oxygen atoms in total. The Morgan fingerprint density at radius 3 is 2.58 bits per heavy atom. The molecule has 2 aliphatic rings. The minimum absolute atomic E-state index is 0.0117. The van der Waals surface area contributed by atoms with E-state index in [-0.39, 0.29) is 38.6 Å². The number of esters is 2. The van der Waals surface area contributed by atoms with Crippen LogP contribution in [0.1, 0.15) is 63.4 Å². The lowest BCUT2D eigenvalue weighted by atomic mass is 9.95. The fourth-order valence-corrected chi connectivity index (χ4v) is 4.51. The van der Waals surface area contributed by atoms with Gasteiger partial charge in [0.1, 0.15) is 13.2 Å². The van der Waals surface area contributed by atoms with Crippen molar-refractivity contribution in [2.45, 2.75) is 76.0 Å². The number of ether oxygens (including phenoxy) is 2. The van der Waals surface area contributed by atoms with Crippen LogP contribution in [-0.4, -0.2) is 53.7 Å². The van der Waals surface area contributed by atoms with Gasteiger partial charge in [-0.15, -0.1) is 0 Å². The highest BCUT2D eigenvalue weighted by atomic mass is 16.6. The van der Waals surface area contributed by atoms with Gasteiger partial charge < -0.3 is 25.2 Å². The lowest BCUT2D eigenvalue weighted by molar-refractivity contribution is -0.155. The molecule has 1 heterocycles. The second-order valence-electron chi connectivity index (χ2n) is 9.53. The van der Waals surface area contributed by atoms with Gasteiger partial charge in [0.2, 0.25) is 11.8 Å². The minimum atomic E-state index is -1.20. The summed E-state index contributed by atoms with van der Waals surface area (Å²) in [4.78, 5) is 50.9. The first-order chi connectivity index (χ1) is 17.4. The van der Waals surface area contributed by atoms with Gasteiger partial charge in [-0.1, -0.05) is 55.3 Å². The van der Waals surface area contributed by atoms with Crippen LogP contribution in [0.15, 0.2) is 42.5 Å². The molecule has 0 bridgehead atoms. The van der Waals surface area contributed by atoms with Crippen molar-refractivity contribution in [1.29, 1.82) is 0 Å². The quantitative estimate of drug-likeness (QED) is 0.387. The van der Waals surface area contributed by atoms with E-state index < -0.39 is 35.3 Å². The molecule has 3 N–H and O–H groups in total. The van der Waals surface area contributed by atoms with Crippen molar-refractivity contribution in [1.82, 2.24) is 10.6 Å². The Labute approximate surface area is 211 Å². The maximum atomic E-state index is 13.2. The molecule has 0 aromatic heterocycles. The molecule has 1 aromatic carbocycles. The summed E-state index contributed by atoms with van der Waals surface area (Å²) in [5.74, 6) is -2.74. The van der Waals surface area contributed by atoms with Crippen molar-refractivity contribution >= 4 is 23.8 Å². The molecule has 9 heteroatoms. The highest BCUT2D eigenvalue weighted by Crippen LogP contribution is 2.29. The molecule has 0 spiro atoms. The number of aliphatic hydroxyl groups excluding tert-OH is 1. The number of hydrogen-bond acceptors (Lipinski definition) is 7. The van der Waals surface area contributed by atoms with Crippen molar-refractivity contribution in [2.24, 2.45) is 5.92 Å². The first-order valence-corrected chi connectivity index (χ1v) is 12.6. The van der Waals surface area contributed by atoms with E-state index >= 15 is 0 Å². The highest BCUT2D eigenvalue weighted by molar-refractivity contribution is 5.89. The van der Waals surface area contributed by atoms with Gasteiger partial charge in [-0.2, -0.15) is 0 Å². The van der Waals surface area contributed by atoms with Gasteiger partial charge in [0.25, 0.3) is 0 Å². The topological polar surface area (TPSA) is 131 Å². The molecule has 0 radical (unpaired) electrons. The molecule has 36 heavy (non-hydrogen) atoms.